The summed E-state index contributed by atoms with van der Waals surface area (Å²) in [7, 11) is 0. The van der Waals surface area contributed by atoms with Gasteiger partial charge < -0.3 is 21.1 Å². The van der Waals surface area contributed by atoms with Crippen molar-refractivity contribution in [3.63, 3.8) is 0 Å². The zero-order valence-electron chi connectivity index (χ0n) is 12.1. The van der Waals surface area contributed by atoms with Gasteiger partial charge in [-0.05, 0) is 32.8 Å². The zero-order chi connectivity index (χ0) is 14.5. The van der Waals surface area contributed by atoms with E-state index in [4.69, 9.17) is 10.5 Å². The van der Waals surface area contributed by atoms with E-state index < -0.39 is 0 Å². The first-order chi connectivity index (χ1) is 9.52. The van der Waals surface area contributed by atoms with E-state index in [0.717, 1.165) is 24.3 Å². The van der Waals surface area contributed by atoms with Crippen LogP contribution in [0.1, 0.15) is 33.1 Å². The molecule has 0 atom stereocenters. The van der Waals surface area contributed by atoms with Gasteiger partial charge in [0.2, 0.25) is 5.91 Å². The number of nitrogen functional groups attached to an aromatic ring is 1. The third-order valence-corrected chi connectivity index (χ3v) is 2.92. The van der Waals surface area contributed by atoms with Crippen LogP contribution >= 0.6 is 0 Å². The molecule has 0 bridgehead atoms. The number of amides is 1. The molecule has 20 heavy (non-hydrogen) atoms. The van der Waals surface area contributed by atoms with Gasteiger partial charge in [-0.3, -0.25) is 4.79 Å². The Morgan fingerprint density at radius 2 is 2.15 bits per heavy atom. The fourth-order valence-electron chi connectivity index (χ4n) is 1.91. The van der Waals surface area contributed by atoms with Crippen LogP contribution in [0.5, 0.6) is 5.75 Å². The maximum Gasteiger partial charge on any atom is 0.221 e. The molecule has 0 unspecified atom stereocenters. The number of benzene rings is 1. The SMILES string of the molecule is CC(C)Oc1cc(N)cc(NCCC(=O)NC2CC2)c1. The van der Waals surface area contributed by atoms with E-state index in [9.17, 15) is 4.79 Å². The summed E-state index contributed by atoms with van der Waals surface area (Å²) in [5, 5.41) is 6.16. The molecule has 0 spiro atoms. The van der Waals surface area contributed by atoms with Crippen molar-refractivity contribution < 1.29 is 9.53 Å². The molecule has 1 aromatic rings. The molecule has 1 aliphatic carbocycles. The molecule has 5 heteroatoms. The highest BCUT2D eigenvalue weighted by molar-refractivity contribution is 5.77. The fourth-order valence-corrected chi connectivity index (χ4v) is 1.91. The Hall–Kier alpha value is -1.91. The molecule has 0 aliphatic heterocycles. The first-order valence-corrected chi connectivity index (χ1v) is 7.13. The lowest BCUT2D eigenvalue weighted by Crippen LogP contribution is -2.27. The third kappa shape index (κ3) is 4.99. The van der Waals surface area contributed by atoms with Gasteiger partial charge in [0, 0.05) is 42.5 Å². The molecule has 1 aromatic carbocycles. The normalized spacial score (nSPS) is 14.2. The van der Waals surface area contributed by atoms with Crippen molar-refractivity contribution in [2.24, 2.45) is 0 Å². The van der Waals surface area contributed by atoms with E-state index >= 15 is 0 Å². The number of hydrogen-bond acceptors (Lipinski definition) is 4. The molecule has 0 radical (unpaired) electrons. The Kier molecular flexibility index (Phi) is 4.71. The molecule has 1 fully saturated rings. The van der Waals surface area contributed by atoms with E-state index in [1.165, 1.54) is 0 Å². The summed E-state index contributed by atoms with van der Waals surface area (Å²) >= 11 is 0. The quantitative estimate of drug-likeness (QED) is 0.667. The molecular formula is C15H23N3O2. The topological polar surface area (TPSA) is 76.4 Å². The fraction of sp³-hybridized carbons (Fsp3) is 0.533. The number of carbonyl (C=O) groups is 1. The lowest BCUT2D eigenvalue weighted by atomic mass is 10.2. The van der Waals surface area contributed by atoms with Gasteiger partial charge in [-0.2, -0.15) is 0 Å². The van der Waals surface area contributed by atoms with Gasteiger partial charge in [-0.1, -0.05) is 0 Å². The highest BCUT2D eigenvalue weighted by atomic mass is 16.5. The highest BCUT2D eigenvalue weighted by Gasteiger charge is 2.22. The van der Waals surface area contributed by atoms with Crippen molar-refractivity contribution in [1.29, 1.82) is 0 Å². The molecule has 5 nitrogen and oxygen atoms in total. The summed E-state index contributed by atoms with van der Waals surface area (Å²) in [6, 6.07) is 5.95. The van der Waals surface area contributed by atoms with Crippen LogP contribution in [0.3, 0.4) is 0 Å². The zero-order valence-corrected chi connectivity index (χ0v) is 12.1. The maximum absolute atomic E-state index is 11.6. The van der Waals surface area contributed by atoms with E-state index in [0.29, 0.717) is 24.7 Å². The number of carbonyl (C=O) groups excluding carboxylic acids is 1. The van der Waals surface area contributed by atoms with E-state index in [1.54, 1.807) is 6.07 Å². The van der Waals surface area contributed by atoms with Gasteiger partial charge in [-0.15, -0.1) is 0 Å². The Morgan fingerprint density at radius 1 is 1.40 bits per heavy atom. The van der Waals surface area contributed by atoms with Crippen LogP contribution in [-0.2, 0) is 4.79 Å². The van der Waals surface area contributed by atoms with Crippen LogP contribution in [0.25, 0.3) is 0 Å². The van der Waals surface area contributed by atoms with Gasteiger partial charge in [0.1, 0.15) is 5.75 Å². The molecule has 1 amide bonds. The molecule has 0 aromatic heterocycles. The van der Waals surface area contributed by atoms with Gasteiger partial charge in [0.25, 0.3) is 0 Å². The molecular weight excluding hydrogens is 254 g/mol. The van der Waals surface area contributed by atoms with Crippen molar-refractivity contribution in [2.75, 3.05) is 17.6 Å². The average molecular weight is 277 g/mol. The van der Waals surface area contributed by atoms with Crippen LogP contribution < -0.4 is 21.1 Å². The Labute approximate surface area is 119 Å². The number of anilines is 2. The maximum atomic E-state index is 11.6. The predicted octanol–water partition coefficient (Wildman–Crippen LogP) is 2.14. The molecule has 0 saturated heterocycles. The minimum absolute atomic E-state index is 0.0996. The summed E-state index contributed by atoms with van der Waals surface area (Å²) in [6.45, 7) is 4.53. The summed E-state index contributed by atoms with van der Waals surface area (Å²) in [6.07, 6.45) is 2.80. The summed E-state index contributed by atoms with van der Waals surface area (Å²) in [4.78, 5) is 11.6. The largest absolute Gasteiger partial charge is 0.491 e. The monoisotopic (exact) mass is 277 g/mol. The summed E-state index contributed by atoms with van der Waals surface area (Å²) in [5.41, 5.74) is 7.36. The molecule has 1 aliphatic rings. The number of nitrogens with one attached hydrogen (secondary N) is 2. The minimum atomic E-state index is 0.0996. The first-order valence-electron chi connectivity index (χ1n) is 7.13. The van der Waals surface area contributed by atoms with Gasteiger partial charge in [0.15, 0.2) is 0 Å². The van der Waals surface area contributed by atoms with Crippen molar-refractivity contribution >= 4 is 17.3 Å². The minimum Gasteiger partial charge on any atom is -0.491 e. The lowest BCUT2D eigenvalue weighted by Gasteiger charge is -2.13. The van der Waals surface area contributed by atoms with Crippen LogP contribution in [0.2, 0.25) is 0 Å². The third-order valence-electron chi connectivity index (χ3n) is 2.92. The van der Waals surface area contributed by atoms with Gasteiger partial charge >= 0.3 is 0 Å². The van der Waals surface area contributed by atoms with E-state index in [1.807, 2.05) is 26.0 Å². The predicted molar refractivity (Wildman–Crippen MR) is 80.9 cm³/mol. The van der Waals surface area contributed by atoms with Gasteiger partial charge in [-0.25, -0.2) is 0 Å². The van der Waals surface area contributed by atoms with E-state index in [-0.39, 0.29) is 12.0 Å². The van der Waals surface area contributed by atoms with E-state index in [2.05, 4.69) is 10.6 Å². The Balaban J connectivity index is 1.81. The van der Waals surface area contributed by atoms with Crippen LogP contribution in [0.15, 0.2) is 18.2 Å². The van der Waals surface area contributed by atoms with Crippen molar-refractivity contribution in [2.45, 2.75) is 45.3 Å². The smallest absolute Gasteiger partial charge is 0.221 e. The molecule has 0 heterocycles. The number of hydrogen-bond donors (Lipinski definition) is 3. The van der Waals surface area contributed by atoms with Crippen molar-refractivity contribution in [1.82, 2.24) is 5.32 Å². The van der Waals surface area contributed by atoms with Crippen molar-refractivity contribution in [3.05, 3.63) is 18.2 Å². The average Bonchev–Trinajstić information content (AvgIpc) is 3.11. The standard InChI is InChI=1S/C15H23N3O2/c1-10(2)20-14-8-11(16)7-13(9-14)17-6-5-15(19)18-12-3-4-12/h7-10,12,17H,3-6,16H2,1-2H3,(H,18,19). The number of rotatable bonds is 7. The Morgan fingerprint density at radius 3 is 2.80 bits per heavy atom. The number of ether oxygens (including phenoxy) is 1. The number of nitrogens with two attached hydrogens (primary N) is 1. The van der Waals surface area contributed by atoms with Gasteiger partial charge in [0.05, 0.1) is 6.10 Å². The first kappa shape index (κ1) is 14.5. The molecule has 110 valence electrons. The lowest BCUT2D eigenvalue weighted by molar-refractivity contribution is -0.120. The molecule has 2 rings (SSSR count). The summed E-state index contributed by atoms with van der Waals surface area (Å²) in [5.74, 6) is 0.840. The second-order valence-electron chi connectivity index (χ2n) is 5.48. The van der Waals surface area contributed by atoms with Crippen LogP contribution in [0.4, 0.5) is 11.4 Å². The second-order valence-corrected chi connectivity index (χ2v) is 5.48. The Bertz CT molecular complexity index is 470. The summed E-state index contributed by atoms with van der Waals surface area (Å²) < 4.78 is 5.62. The molecule has 4 N–H and O–H groups in total. The molecule has 1 saturated carbocycles. The van der Waals surface area contributed by atoms with Crippen LogP contribution in [0, 0.1) is 0 Å². The highest BCUT2D eigenvalue weighted by Crippen LogP contribution is 2.23. The second kappa shape index (κ2) is 6.50. The van der Waals surface area contributed by atoms with Crippen molar-refractivity contribution in [3.8, 4) is 5.75 Å². The van der Waals surface area contributed by atoms with Crippen LogP contribution in [-0.4, -0.2) is 24.6 Å².